The van der Waals surface area contributed by atoms with Gasteiger partial charge in [0, 0.05) is 11.3 Å². The molecule has 108 valence electrons. The molecule has 0 aromatic heterocycles. The molecule has 0 aliphatic heterocycles. The molecule has 2 aliphatic rings. The van der Waals surface area contributed by atoms with Gasteiger partial charge >= 0.3 is 0 Å². The first-order valence-electron chi connectivity index (χ1n) is 7.81. The van der Waals surface area contributed by atoms with Gasteiger partial charge in [0.25, 0.3) is 0 Å². The number of hydrogen-bond acceptors (Lipinski definition) is 1. The Labute approximate surface area is 122 Å². The summed E-state index contributed by atoms with van der Waals surface area (Å²) in [6, 6.07) is 7.00. The SMILES string of the molecule is CC1(C)CCC(C)(C)c2cc([C@]3(C)C[C@@H]3C=O)ccc21. The Bertz CT molecular complexity index is 567. The maximum Gasteiger partial charge on any atom is 0.123 e. The molecule has 0 N–H and O–H groups in total. The average molecular weight is 270 g/mol. The van der Waals surface area contributed by atoms with Crippen molar-refractivity contribution in [1.82, 2.24) is 0 Å². The zero-order valence-electron chi connectivity index (χ0n) is 13.4. The first-order chi connectivity index (χ1) is 9.21. The van der Waals surface area contributed by atoms with Gasteiger partial charge in [0.15, 0.2) is 0 Å². The van der Waals surface area contributed by atoms with Crippen LogP contribution in [-0.4, -0.2) is 6.29 Å². The molecule has 1 aromatic carbocycles. The number of benzene rings is 1. The second-order valence-corrected chi connectivity index (χ2v) is 8.39. The van der Waals surface area contributed by atoms with E-state index in [2.05, 4.69) is 52.8 Å². The predicted molar refractivity (Wildman–Crippen MR) is 83.3 cm³/mol. The Hall–Kier alpha value is -1.11. The van der Waals surface area contributed by atoms with Gasteiger partial charge in [0.1, 0.15) is 6.29 Å². The maximum atomic E-state index is 11.1. The van der Waals surface area contributed by atoms with E-state index in [1.54, 1.807) is 0 Å². The van der Waals surface area contributed by atoms with Crippen molar-refractivity contribution < 1.29 is 4.79 Å². The van der Waals surface area contributed by atoms with Crippen LogP contribution in [0.15, 0.2) is 18.2 Å². The molecule has 2 aliphatic carbocycles. The van der Waals surface area contributed by atoms with E-state index < -0.39 is 0 Å². The van der Waals surface area contributed by atoms with Crippen LogP contribution in [0.5, 0.6) is 0 Å². The van der Waals surface area contributed by atoms with Crippen LogP contribution in [0.2, 0.25) is 0 Å². The molecule has 1 heteroatoms. The zero-order chi connectivity index (χ0) is 14.8. The molecule has 0 radical (unpaired) electrons. The maximum absolute atomic E-state index is 11.1. The van der Waals surface area contributed by atoms with E-state index >= 15 is 0 Å². The number of rotatable bonds is 2. The first kappa shape index (κ1) is 13.9. The van der Waals surface area contributed by atoms with Gasteiger partial charge in [-0.3, -0.25) is 0 Å². The summed E-state index contributed by atoms with van der Waals surface area (Å²) in [7, 11) is 0. The summed E-state index contributed by atoms with van der Waals surface area (Å²) in [6.45, 7) is 11.7. The molecule has 0 amide bonds. The molecule has 2 atom stereocenters. The monoisotopic (exact) mass is 270 g/mol. The van der Waals surface area contributed by atoms with Crippen LogP contribution in [0.3, 0.4) is 0 Å². The predicted octanol–water partition coefficient (Wildman–Crippen LogP) is 4.51. The third kappa shape index (κ3) is 1.86. The molecule has 0 bridgehead atoms. The van der Waals surface area contributed by atoms with Crippen molar-refractivity contribution in [2.75, 3.05) is 0 Å². The lowest BCUT2D eigenvalue weighted by Crippen LogP contribution is -2.34. The summed E-state index contributed by atoms with van der Waals surface area (Å²) in [6.07, 6.45) is 4.64. The van der Waals surface area contributed by atoms with Gasteiger partial charge in [0.2, 0.25) is 0 Å². The van der Waals surface area contributed by atoms with Gasteiger partial charge in [-0.25, -0.2) is 0 Å². The molecule has 0 saturated heterocycles. The summed E-state index contributed by atoms with van der Waals surface area (Å²) in [5, 5.41) is 0. The second-order valence-electron chi connectivity index (χ2n) is 8.39. The summed E-state index contributed by atoms with van der Waals surface area (Å²) < 4.78 is 0. The highest BCUT2D eigenvalue weighted by molar-refractivity contribution is 5.64. The minimum absolute atomic E-state index is 0.0917. The number of carbonyl (C=O) groups excluding carboxylic acids is 1. The second kappa shape index (κ2) is 3.96. The molecule has 0 heterocycles. The Morgan fingerprint density at radius 1 is 1.00 bits per heavy atom. The number of aldehydes is 1. The largest absolute Gasteiger partial charge is 0.303 e. The van der Waals surface area contributed by atoms with Crippen molar-refractivity contribution in [3.8, 4) is 0 Å². The lowest BCUT2D eigenvalue weighted by atomic mass is 9.62. The van der Waals surface area contributed by atoms with Crippen LogP contribution >= 0.6 is 0 Å². The molecule has 1 saturated carbocycles. The van der Waals surface area contributed by atoms with Gasteiger partial charge in [-0.15, -0.1) is 0 Å². The molecule has 1 nitrogen and oxygen atoms in total. The van der Waals surface area contributed by atoms with Crippen LogP contribution in [0.25, 0.3) is 0 Å². The summed E-state index contributed by atoms with van der Waals surface area (Å²) >= 11 is 0. The Kier molecular flexibility index (Phi) is 2.74. The number of fused-ring (bicyclic) bond motifs is 1. The quantitative estimate of drug-likeness (QED) is 0.722. The van der Waals surface area contributed by atoms with Crippen LogP contribution in [-0.2, 0) is 21.0 Å². The van der Waals surface area contributed by atoms with Crippen LogP contribution in [0, 0.1) is 5.92 Å². The fourth-order valence-electron chi connectivity index (χ4n) is 3.87. The Morgan fingerprint density at radius 2 is 1.60 bits per heavy atom. The lowest BCUT2D eigenvalue weighted by molar-refractivity contribution is -0.109. The van der Waals surface area contributed by atoms with Gasteiger partial charge < -0.3 is 4.79 Å². The topological polar surface area (TPSA) is 17.1 Å². The van der Waals surface area contributed by atoms with Gasteiger partial charge in [-0.2, -0.15) is 0 Å². The van der Waals surface area contributed by atoms with E-state index in [0.717, 1.165) is 12.7 Å². The summed E-state index contributed by atoms with van der Waals surface area (Å²) in [5.74, 6) is 0.222. The molecule has 20 heavy (non-hydrogen) atoms. The molecular formula is C19H26O. The van der Waals surface area contributed by atoms with Crippen molar-refractivity contribution in [1.29, 1.82) is 0 Å². The fourth-order valence-corrected chi connectivity index (χ4v) is 3.87. The summed E-state index contributed by atoms with van der Waals surface area (Å²) in [4.78, 5) is 11.1. The number of carbonyl (C=O) groups is 1. The van der Waals surface area contributed by atoms with Crippen LogP contribution in [0.1, 0.15) is 70.6 Å². The Balaban J connectivity index is 2.10. The zero-order valence-corrected chi connectivity index (χ0v) is 13.4. The number of hydrogen-bond donors (Lipinski definition) is 0. The van der Waals surface area contributed by atoms with Crippen LogP contribution < -0.4 is 0 Å². The first-order valence-corrected chi connectivity index (χ1v) is 7.81. The third-order valence-corrected chi connectivity index (χ3v) is 5.98. The van der Waals surface area contributed by atoms with Crippen molar-refractivity contribution >= 4 is 6.29 Å². The van der Waals surface area contributed by atoms with E-state index in [1.807, 2.05) is 0 Å². The van der Waals surface area contributed by atoms with Crippen molar-refractivity contribution in [3.05, 3.63) is 34.9 Å². The highest BCUT2D eigenvalue weighted by Gasteiger charge is 2.51. The molecule has 1 aromatic rings. The molecular weight excluding hydrogens is 244 g/mol. The van der Waals surface area contributed by atoms with E-state index in [4.69, 9.17) is 0 Å². The van der Waals surface area contributed by atoms with E-state index in [9.17, 15) is 4.79 Å². The minimum atomic E-state index is 0.0917. The normalized spacial score (nSPS) is 33.4. The molecule has 0 unspecified atom stereocenters. The minimum Gasteiger partial charge on any atom is -0.303 e. The highest BCUT2D eigenvalue weighted by Crippen LogP contribution is 2.54. The standard InChI is InChI=1S/C19H26O/c1-17(2)8-9-18(3,4)16-10-13(6-7-15(16)17)19(5)11-14(19)12-20/h6-7,10,12,14H,8-9,11H2,1-5H3/t14-,19+/m1/s1. The smallest absolute Gasteiger partial charge is 0.123 e. The highest BCUT2D eigenvalue weighted by atomic mass is 16.1. The lowest BCUT2D eigenvalue weighted by Gasteiger charge is -2.42. The summed E-state index contributed by atoms with van der Waals surface area (Å²) in [5.41, 5.74) is 4.99. The third-order valence-electron chi connectivity index (χ3n) is 5.98. The fraction of sp³-hybridized carbons (Fsp3) is 0.632. The van der Waals surface area contributed by atoms with Gasteiger partial charge in [0.05, 0.1) is 0 Å². The molecule has 3 rings (SSSR count). The molecule has 0 spiro atoms. The Morgan fingerprint density at radius 3 is 2.15 bits per heavy atom. The van der Waals surface area contributed by atoms with Crippen LogP contribution in [0.4, 0.5) is 0 Å². The van der Waals surface area contributed by atoms with E-state index in [-0.39, 0.29) is 22.2 Å². The van der Waals surface area contributed by atoms with Gasteiger partial charge in [-0.05, 0) is 46.8 Å². The van der Waals surface area contributed by atoms with Crippen molar-refractivity contribution in [2.24, 2.45) is 5.92 Å². The van der Waals surface area contributed by atoms with E-state index in [0.29, 0.717) is 0 Å². The van der Waals surface area contributed by atoms with Crippen molar-refractivity contribution in [3.63, 3.8) is 0 Å². The van der Waals surface area contributed by atoms with Crippen molar-refractivity contribution in [2.45, 2.75) is 70.1 Å². The molecule has 1 fully saturated rings. The van der Waals surface area contributed by atoms with Gasteiger partial charge in [-0.1, -0.05) is 52.8 Å². The van der Waals surface area contributed by atoms with E-state index in [1.165, 1.54) is 29.5 Å². The average Bonchev–Trinajstić information content (AvgIpc) is 3.08.